The Bertz CT molecular complexity index is 359. The summed E-state index contributed by atoms with van der Waals surface area (Å²) in [6.45, 7) is 4.35. The van der Waals surface area contributed by atoms with Crippen LogP contribution in [0.15, 0.2) is 18.2 Å². The molecule has 1 aliphatic heterocycles. The molecule has 0 saturated carbocycles. The van der Waals surface area contributed by atoms with Crippen LogP contribution in [0.25, 0.3) is 0 Å². The molecule has 1 saturated heterocycles. The lowest BCUT2D eigenvalue weighted by Gasteiger charge is -2.24. The first-order valence-corrected chi connectivity index (χ1v) is 6.92. The molecule has 1 aliphatic rings. The quantitative estimate of drug-likeness (QED) is 0.626. The number of nitrogens with two attached hydrogens (primary N) is 1. The second-order valence-electron chi connectivity index (χ2n) is 4.48. The molecule has 2 unspecified atom stereocenters. The molecule has 3 heteroatoms. The predicted octanol–water partition coefficient (Wildman–Crippen LogP) is 2.70. The Hall–Kier alpha value is -0.510. The second kappa shape index (κ2) is 5.21. The third-order valence-electron chi connectivity index (χ3n) is 3.50. The molecule has 0 aliphatic carbocycles. The molecule has 3 N–H and O–H groups in total. The SMILES string of the molecule is Cc1cccc(C(NN)C2CCCS2)c1C. The van der Waals surface area contributed by atoms with Crippen LogP contribution in [0.3, 0.4) is 0 Å². The van der Waals surface area contributed by atoms with Gasteiger partial charge in [0.2, 0.25) is 0 Å². The highest BCUT2D eigenvalue weighted by atomic mass is 32.2. The summed E-state index contributed by atoms with van der Waals surface area (Å²) in [5.41, 5.74) is 7.09. The highest BCUT2D eigenvalue weighted by Gasteiger charge is 2.27. The van der Waals surface area contributed by atoms with Crippen molar-refractivity contribution >= 4 is 11.8 Å². The van der Waals surface area contributed by atoms with Gasteiger partial charge in [0.1, 0.15) is 0 Å². The van der Waals surface area contributed by atoms with Crippen molar-refractivity contribution in [1.82, 2.24) is 5.43 Å². The Morgan fingerprint density at radius 2 is 2.25 bits per heavy atom. The van der Waals surface area contributed by atoms with Gasteiger partial charge >= 0.3 is 0 Å². The van der Waals surface area contributed by atoms with Crippen LogP contribution >= 0.6 is 11.8 Å². The van der Waals surface area contributed by atoms with Gasteiger partial charge in [-0.2, -0.15) is 11.8 Å². The monoisotopic (exact) mass is 236 g/mol. The number of thioether (sulfide) groups is 1. The van der Waals surface area contributed by atoms with Gasteiger partial charge in [-0.3, -0.25) is 11.3 Å². The number of hydrogen-bond acceptors (Lipinski definition) is 3. The van der Waals surface area contributed by atoms with Gasteiger partial charge in [0.25, 0.3) is 0 Å². The lowest BCUT2D eigenvalue weighted by Crippen LogP contribution is -2.34. The van der Waals surface area contributed by atoms with Crippen molar-refractivity contribution in [1.29, 1.82) is 0 Å². The molecule has 1 fully saturated rings. The first-order chi connectivity index (χ1) is 7.74. The minimum Gasteiger partial charge on any atom is -0.271 e. The molecule has 88 valence electrons. The fraction of sp³-hybridized carbons (Fsp3) is 0.538. The Kier molecular flexibility index (Phi) is 3.90. The Balaban J connectivity index is 2.28. The maximum absolute atomic E-state index is 5.74. The molecule has 0 aromatic heterocycles. The van der Waals surface area contributed by atoms with Crippen LogP contribution in [0.1, 0.15) is 35.6 Å². The standard InChI is InChI=1S/C13H20N2S/c1-9-5-3-6-11(10(9)2)13(15-14)12-7-4-8-16-12/h3,5-6,12-13,15H,4,7-8,14H2,1-2H3. The van der Waals surface area contributed by atoms with Gasteiger partial charge in [-0.15, -0.1) is 0 Å². The number of hydrazine groups is 1. The van der Waals surface area contributed by atoms with E-state index in [1.165, 1.54) is 35.3 Å². The topological polar surface area (TPSA) is 38.0 Å². The van der Waals surface area contributed by atoms with Crippen LogP contribution in [0.2, 0.25) is 0 Å². The van der Waals surface area contributed by atoms with Crippen LogP contribution in [0.5, 0.6) is 0 Å². The maximum atomic E-state index is 5.74. The normalized spacial score (nSPS) is 22.3. The van der Waals surface area contributed by atoms with Crippen molar-refractivity contribution in [2.75, 3.05) is 5.75 Å². The third kappa shape index (κ3) is 2.26. The molecule has 0 radical (unpaired) electrons. The maximum Gasteiger partial charge on any atom is 0.0581 e. The van der Waals surface area contributed by atoms with Crippen LogP contribution < -0.4 is 11.3 Å². The molecular weight excluding hydrogens is 216 g/mol. The first-order valence-electron chi connectivity index (χ1n) is 5.88. The van der Waals surface area contributed by atoms with Crippen LogP contribution in [0, 0.1) is 13.8 Å². The summed E-state index contributed by atoms with van der Waals surface area (Å²) in [5.74, 6) is 7.01. The molecular formula is C13H20N2S. The van der Waals surface area contributed by atoms with Crippen molar-refractivity contribution in [3.05, 3.63) is 34.9 Å². The average molecular weight is 236 g/mol. The smallest absolute Gasteiger partial charge is 0.0581 e. The highest BCUT2D eigenvalue weighted by Crippen LogP contribution is 2.36. The lowest BCUT2D eigenvalue weighted by molar-refractivity contribution is 0.518. The minimum absolute atomic E-state index is 0.299. The molecule has 2 atom stereocenters. The summed E-state index contributed by atoms with van der Waals surface area (Å²) in [4.78, 5) is 0. The third-order valence-corrected chi connectivity index (χ3v) is 4.96. The molecule has 2 rings (SSSR count). The molecule has 16 heavy (non-hydrogen) atoms. The average Bonchev–Trinajstić information content (AvgIpc) is 2.79. The zero-order valence-electron chi connectivity index (χ0n) is 9.99. The summed E-state index contributed by atoms with van der Waals surface area (Å²) in [6, 6.07) is 6.79. The van der Waals surface area contributed by atoms with Gasteiger partial charge in [0.05, 0.1) is 6.04 Å². The van der Waals surface area contributed by atoms with E-state index in [2.05, 4.69) is 37.5 Å². The molecule has 1 aromatic carbocycles. The summed E-state index contributed by atoms with van der Waals surface area (Å²) >= 11 is 2.04. The highest BCUT2D eigenvalue weighted by molar-refractivity contribution is 8.00. The second-order valence-corrected chi connectivity index (χ2v) is 5.83. The number of rotatable bonds is 3. The zero-order valence-corrected chi connectivity index (χ0v) is 10.8. The van der Waals surface area contributed by atoms with E-state index < -0.39 is 0 Å². The Morgan fingerprint density at radius 3 is 2.88 bits per heavy atom. The number of nitrogens with one attached hydrogen (secondary N) is 1. The van der Waals surface area contributed by atoms with E-state index in [1.54, 1.807) is 0 Å². The van der Waals surface area contributed by atoms with Crippen molar-refractivity contribution in [2.24, 2.45) is 5.84 Å². The number of aryl methyl sites for hydroxylation is 1. The Morgan fingerprint density at radius 1 is 1.44 bits per heavy atom. The van der Waals surface area contributed by atoms with Gasteiger partial charge in [-0.1, -0.05) is 18.2 Å². The summed E-state index contributed by atoms with van der Waals surface area (Å²) in [7, 11) is 0. The molecule has 1 aromatic rings. The largest absolute Gasteiger partial charge is 0.271 e. The van der Waals surface area contributed by atoms with Gasteiger partial charge in [-0.05, 0) is 49.1 Å². The summed E-state index contributed by atoms with van der Waals surface area (Å²) < 4.78 is 0. The van der Waals surface area contributed by atoms with Crippen molar-refractivity contribution in [3.8, 4) is 0 Å². The van der Waals surface area contributed by atoms with Gasteiger partial charge < -0.3 is 0 Å². The summed E-state index contributed by atoms with van der Waals surface area (Å²) in [5, 5.41) is 0.630. The molecule has 2 nitrogen and oxygen atoms in total. The van der Waals surface area contributed by atoms with E-state index in [0.29, 0.717) is 11.3 Å². The first kappa shape index (κ1) is 12.0. The number of hydrogen-bond donors (Lipinski definition) is 2. The van der Waals surface area contributed by atoms with Crippen LogP contribution in [-0.4, -0.2) is 11.0 Å². The minimum atomic E-state index is 0.299. The van der Waals surface area contributed by atoms with Crippen LogP contribution in [-0.2, 0) is 0 Å². The fourth-order valence-corrected chi connectivity index (χ4v) is 3.76. The van der Waals surface area contributed by atoms with Gasteiger partial charge in [0, 0.05) is 5.25 Å². The Labute approximate surface area is 102 Å². The molecule has 1 heterocycles. The van der Waals surface area contributed by atoms with Crippen molar-refractivity contribution in [3.63, 3.8) is 0 Å². The zero-order chi connectivity index (χ0) is 11.5. The van der Waals surface area contributed by atoms with E-state index in [1.807, 2.05) is 11.8 Å². The number of benzene rings is 1. The van der Waals surface area contributed by atoms with E-state index >= 15 is 0 Å². The van der Waals surface area contributed by atoms with Gasteiger partial charge in [0.15, 0.2) is 0 Å². The van der Waals surface area contributed by atoms with E-state index in [0.717, 1.165) is 0 Å². The molecule has 0 bridgehead atoms. The van der Waals surface area contributed by atoms with Crippen molar-refractivity contribution in [2.45, 2.75) is 38.0 Å². The predicted molar refractivity (Wildman–Crippen MR) is 71.5 cm³/mol. The van der Waals surface area contributed by atoms with Crippen LogP contribution in [0.4, 0.5) is 0 Å². The lowest BCUT2D eigenvalue weighted by atomic mass is 9.94. The van der Waals surface area contributed by atoms with Crippen molar-refractivity contribution < 1.29 is 0 Å². The summed E-state index contributed by atoms with van der Waals surface area (Å²) in [6.07, 6.45) is 2.59. The molecule has 0 amide bonds. The molecule has 0 spiro atoms. The fourth-order valence-electron chi connectivity index (χ4n) is 2.37. The van der Waals surface area contributed by atoms with E-state index in [-0.39, 0.29) is 0 Å². The van der Waals surface area contributed by atoms with Gasteiger partial charge in [-0.25, -0.2) is 0 Å². The van der Waals surface area contributed by atoms with E-state index in [9.17, 15) is 0 Å². The van der Waals surface area contributed by atoms with E-state index in [4.69, 9.17) is 5.84 Å².